The first kappa shape index (κ1) is 16.7. The minimum atomic E-state index is -0.0617. The third-order valence-corrected chi connectivity index (χ3v) is 4.06. The lowest BCUT2D eigenvalue weighted by Gasteiger charge is -2.14. The number of quaternary nitrogens is 1. The summed E-state index contributed by atoms with van der Waals surface area (Å²) >= 11 is 0. The summed E-state index contributed by atoms with van der Waals surface area (Å²) in [6, 6.07) is 23.7. The number of amides is 1. The van der Waals surface area contributed by atoms with Crippen molar-refractivity contribution in [3.63, 3.8) is 0 Å². The highest BCUT2D eigenvalue weighted by atomic mass is 16.2. The van der Waals surface area contributed by atoms with E-state index in [1.807, 2.05) is 19.2 Å². The van der Waals surface area contributed by atoms with Crippen molar-refractivity contribution in [3.05, 3.63) is 77.9 Å². The smallest absolute Gasteiger partial charge is 0.279 e. The third-order valence-electron chi connectivity index (χ3n) is 4.06. The van der Waals surface area contributed by atoms with Crippen molar-refractivity contribution in [2.75, 3.05) is 18.9 Å². The standard InChI is InChI=1S/C21H19N3O/c1-24(14-17-9-10-18-6-2-3-7-19(18)11-17)15-21(25)23-20-8-4-5-16(12-20)13-22/h2-12H,14-15H2,1H3,(H,23,25)/p+1. The number of carbonyl (C=O) groups excluding carboxylic acids is 1. The Kier molecular flexibility index (Phi) is 5.08. The van der Waals surface area contributed by atoms with Gasteiger partial charge in [0.25, 0.3) is 5.91 Å². The molecule has 0 heterocycles. The second-order valence-electron chi connectivity index (χ2n) is 6.23. The van der Waals surface area contributed by atoms with Crippen LogP contribution in [-0.4, -0.2) is 19.5 Å². The Labute approximate surface area is 147 Å². The Balaban J connectivity index is 1.60. The normalized spacial score (nSPS) is 11.7. The van der Waals surface area contributed by atoms with Gasteiger partial charge >= 0.3 is 0 Å². The van der Waals surface area contributed by atoms with Crippen LogP contribution in [0.4, 0.5) is 5.69 Å². The summed E-state index contributed by atoms with van der Waals surface area (Å²) in [5.74, 6) is -0.0617. The molecule has 0 bridgehead atoms. The first-order valence-electron chi connectivity index (χ1n) is 8.23. The van der Waals surface area contributed by atoms with Crippen molar-refractivity contribution in [1.29, 1.82) is 5.26 Å². The summed E-state index contributed by atoms with van der Waals surface area (Å²) in [6.07, 6.45) is 0. The van der Waals surface area contributed by atoms with E-state index in [-0.39, 0.29) is 5.91 Å². The Bertz CT molecular complexity index is 943. The van der Waals surface area contributed by atoms with Gasteiger partial charge in [0.05, 0.1) is 18.7 Å². The molecule has 4 nitrogen and oxygen atoms in total. The van der Waals surface area contributed by atoms with E-state index >= 15 is 0 Å². The fourth-order valence-corrected chi connectivity index (χ4v) is 2.91. The molecule has 0 saturated heterocycles. The lowest BCUT2D eigenvalue weighted by molar-refractivity contribution is -0.885. The van der Waals surface area contributed by atoms with Gasteiger partial charge in [-0.1, -0.05) is 42.5 Å². The van der Waals surface area contributed by atoms with Crippen molar-refractivity contribution in [2.24, 2.45) is 0 Å². The fraction of sp³-hybridized carbons (Fsp3) is 0.143. The predicted molar refractivity (Wildman–Crippen MR) is 99.2 cm³/mol. The molecule has 1 amide bonds. The molecule has 0 radical (unpaired) electrons. The number of fused-ring (bicyclic) bond motifs is 1. The zero-order valence-electron chi connectivity index (χ0n) is 14.1. The summed E-state index contributed by atoms with van der Waals surface area (Å²) in [7, 11) is 2.00. The van der Waals surface area contributed by atoms with Gasteiger partial charge in [-0.3, -0.25) is 4.79 Å². The van der Waals surface area contributed by atoms with E-state index in [9.17, 15) is 4.79 Å². The molecular formula is C21H20N3O+. The van der Waals surface area contributed by atoms with Crippen LogP contribution in [0, 0.1) is 11.3 Å². The Hall–Kier alpha value is -3.16. The molecule has 0 aromatic heterocycles. The van der Waals surface area contributed by atoms with Crippen LogP contribution in [0.15, 0.2) is 66.7 Å². The number of benzene rings is 3. The maximum absolute atomic E-state index is 12.2. The molecule has 0 aliphatic heterocycles. The maximum atomic E-state index is 12.2. The van der Waals surface area contributed by atoms with Crippen molar-refractivity contribution >= 4 is 22.4 Å². The molecule has 0 saturated carbocycles. The summed E-state index contributed by atoms with van der Waals surface area (Å²) < 4.78 is 0. The Morgan fingerprint density at radius 3 is 2.64 bits per heavy atom. The monoisotopic (exact) mass is 330 g/mol. The van der Waals surface area contributed by atoms with Gasteiger partial charge in [0.1, 0.15) is 6.54 Å². The van der Waals surface area contributed by atoms with Crippen LogP contribution in [0.5, 0.6) is 0 Å². The second kappa shape index (κ2) is 7.61. The van der Waals surface area contributed by atoms with Crippen molar-refractivity contribution < 1.29 is 9.69 Å². The highest BCUT2D eigenvalue weighted by Crippen LogP contribution is 2.15. The number of nitriles is 1. The number of nitrogens with one attached hydrogen (secondary N) is 2. The van der Waals surface area contributed by atoms with Crippen LogP contribution in [0.3, 0.4) is 0 Å². The molecular weight excluding hydrogens is 310 g/mol. The van der Waals surface area contributed by atoms with Gasteiger partial charge in [0.15, 0.2) is 6.54 Å². The molecule has 0 spiro atoms. The average molecular weight is 330 g/mol. The summed E-state index contributed by atoms with van der Waals surface area (Å²) in [4.78, 5) is 13.3. The molecule has 4 heteroatoms. The van der Waals surface area contributed by atoms with Crippen LogP contribution in [0.25, 0.3) is 10.8 Å². The van der Waals surface area contributed by atoms with Gasteiger partial charge in [-0.15, -0.1) is 0 Å². The number of nitrogens with zero attached hydrogens (tertiary/aromatic N) is 1. The number of hydrogen-bond acceptors (Lipinski definition) is 2. The van der Waals surface area contributed by atoms with E-state index in [4.69, 9.17) is 5.26 Å². The van der Waals surface area contributed by atoms with E-state index in [0.717, 1.165) is 11.4 Å². The van der Waals surface area contributed by atoms with Crippen molar-refractivity contribution in [1.82, 2.24) is 0 Å². The lowest BCUT2D eigenvalue weighted by atomic mass is 10.1. The first-order chi connectivity index (χ1) is 12.1. The minimum Gasteiger partial charge on any atom is -0.326 e. The molecule has 3 aromatic carbocycles. The average Bonchev–Trinajstić information content (AvgIpc) is 2.61. The maximum Gasteiger partial charge on any atom is 0.279 e. The van der Waals surface area contributed by atoms with Crippen molar-refractivity contribution in [3.8, 4) is 6.07 Å². The van der Waals surface area contributed by atoms with Gasteiger partial charge in [-0.2, -0.15) is 5.26 Å². The number of carbonyl (C=O) groups is 1. The number of anilines is 1. The van der Waals surface area contributed by atoms with Crippen molar-refractivity contribution in [2.45, 2.75) is 6.54 Å². The van der Waals surface area contributed by atoms with E-state index in [0.29, 0.717) is 17.8 Å². The Morgan fingerprint density at radius 1 is 1.04 bits per heavy atom. The molecule has 25 heavy (non-hydrogen) atoms. The number of likely N-dealkylation sites (N-methyl/N-ethyl adjacent to an activating group) is 1. The zero-order chi connectivity index (χ0) is 17.6. The third kappa shape index (κ3) is 4.43. The van der Waals surface area contributed by atoms with E-state index in [1.165, 1.54) is 16.3 Å². The molecule has 1 atom stereocenters. The highest BCUT2D eigenvalue weighted by molar-refractivity contribution is 5.91. The number of rotatable bonds is 5. The highest BCUT2D eigenvalue weighted by Gasteiger charge is 2.11. The van der Waals surface area contributed by atoms with E-state index in [1.54, 1.807) is 24.3 Å². The summed E-state index contributed by atoms with van der Waals surface area (Å²) in [5.41, 5.74) is 2.40. The Morgan fingerprint density at radius 2 is 1.84 bits per heavy atom. The first-order valence-corrected chi connectivity index (χ1v) is 8.23. The number of hydrogen-bond donors (Lipinski definition) is 2. The zero-order valence-corrected chi connectivity index (χ0v) is 14.1. The molecule has 0 aliphatic carbocycles. The van der Waals surface area contributed by atoms with Crippen LogP contribution in [-0.2, 0) is 11.3 Å². The van der Waals surface area contributed by atoms with Gasteiger partial charge in [-0.25, -0.2) is 0 Å². The SMILES string of the molecule is C[NH+](CC(=O)Nc1cccc(C#N)c1)Cc1ccc2ccccc2c1. The summed E-state index contributed by atoms with van der Waals surface area (Å²) in [5, 5.41) is 14.2. The predicted octanol–water partition coefficient (Wildman–Crippen LogP) is 2.36. The minimum absolute atomic E-state index is 0.0617. The molecule has 3 rings (SSSR count). The van der Waals surface area contributed by atoms with Gasteiger partial charge in [-0.05, 0) is 35.0 Å². The van der Waals surface area contributed by atoms with E-state index < -0.39 is 0 Å². The van der Waals surface area contributed by atoms with Crippen LogP contribution >= 0.6 is 0 Å². The molecule has 124 valence electrons. The molecule has 3 aromatic rings. The van der Waals surface area contributed by atoms with Gasteiger partial charge < -0.3 is 10.2 Å². The molecule has 0 aliphatic rings. The van der Waals surface area contributed by atoms with Crippen LogP contribution < -0.4 is 10.2 Å². The van der Waals surface area contributed by atoms with Gasteiger partial charge in [0.2, 0.25) is 0 Å². The second-order valence-corrected chi connectivity index (χ2v) is 6.23. The van der Waals surface area contributed by atoms with Crippen LogP contribution in [0.1, 0.15) is 11.1 Å². The van der Waals surface area contributed by atoms with Gasteiger partial charge in [0, 0.05) is 11.3 Å². The molecule has 0 fully saturated rings. The largest absolute Gasteiger partial charge is 0.326 e. The lowest BCUT2D eigenvalue weighted by Crippen LogP contribution is -3.08. The molecule has 1 unspecified atom stereocenters. The molecule has 2 N–H and O–H groups in total. The topological polar surface area (TPSA) is 57.3 Å². The fourth-order valence-electron chi connectivity index (χ4n) is 2.91. The quantitative estimate of drug-likeness (QED) is 0.754. The van der Waals surface area contributed by atoms with E-state index in [2.05, 4.69) is 41.7 Å². The summed E-state index contributed by atoms with van der Waals surface area (Å²) in [6.45, 7) is 1.14. The van der Waals surface area contributed by atoms with Crippen LogP contribution in [0.2, 0.25) is 0 Å².